The Morgan fingerprint density at radius 1 is 1.38 bits per heavy atom. The number of hydrogen-bond acceptors (Lipinski definition) is 4. The molecular formula is C17H28IN3O3. The van der Waals surface area contributed by atoms with Crippen molar-refractivity contribution >= 4 is 29.9 Å². The number of phenols is 1. The number of aliphatic imine (C=N–C) groups is 1. The average molecular weight is 449 g/mol. The Bertz CT molecular complexity index is 532. The fourth-order valence-electron chi connectivity index (χ4n) is 2.81. The van der Waals surface area contributed by atoms with Crippen LogP contribution in [0.2, 0.25) is 0 Å². The van der Waals surface area contributed by atoms with Gasteiger partial charge in [-0.05, 0) is 38.0 Å². The number of ether oxygens (including phenoxy) is 2. The maximum Gasteiger partial charge on any atom is 0.193 e. The molecule has 7 heteroatoms. The van der Waals surface area contributed by atoms with Crippen LogP contribution >= 0.6 is 24.0 Å². The predicted octanol–water partition coefficient (Wildman–Crippen LogP) is 2.60. The van der Waals surface area contributed by atoms with Crippen LogP contribution in [0.4, 0.5) is 0 Å². The van der Waals surface area contributed by atoms with E-state index in [0.717, 1.165) is 49.8 Å². The Balaban J connectivity index is 0.00000288. The van der Waals surface area contributed by atoms with Gasteiger partial charge in [-0.15, -0.1) is 24.0 Å². The van der Waals surface area contributed by atoms with E-state index in [4.69, 9.17) is 9.47 Å². The number of halogens is 1. The predicted molar refractivity (Wildman–Crippen MR) is 106 cm³/mol. The Labute approximate surface area is 161 Å². The summed E-state index contributed by atoms with van der Waals surface area (Å²) in [7, 11) is 3.40. The van der Waals surface area contributed by atoms with Gasteiger partial charge in [-0.1, -0.05) is 0 Å². The summed E-state index contributed by atoms with van der Waals surface area (Å²) in [4.78, 5) is 6.58. The van der Waals surface area contributed by atoms with Crippen LogP contribution in [-0.2, 0) is 11.3 Å². The lowest BCUT2D eigenvalue weighted by Crippen LogP contribution is -2.46. The van der Waals surface area contributed by atoms with E-state index in [0.29, 0.717) is 12.6 Å². The first-order chi connectivity index (χ1) is 11.2. The van der Waals surface area contributed by atoms with Gasteiger partial charge in [-0.25, -0.2) is 0 Å². The largest absolute Gasteiger partial charge is 0.508 e. The second kappa shape index (κ2) is 10.6. The van der Waals surface area contributed by atoms with Crippen LogP contribution < -0.4 is 10.1 Å². The third-order valence-corrected chi connectivity index (χ3v) is 4.08. The lowest BCUT2D eigenvalue weighted by molar-refractivity contribution is 0.0263. The highest BCUT2D eigenvalue weighted by Crippen LogP contribution is 2.22. The van der Waals surface area contributed by atoms with E-state index < -0.39 is 0 Å². The normalized spacial score (nSPS) is 15.8. The fourth-order valence-corrected chi connectivity index (χ4v) is 2.81. The van der Waals surface area contributed by atoms with Crippen molar-refractivity contribution < 1.29 is 14.6 Å². The molecule has 1 aliphatic rings. The van der Waals surface area contributed by atoms with E-state index in [1.165, 1.54) is 0 Å². The van der Waals surface area contributed by atoms with E-state index in [9.17, 15) is 5.11 Å². The van der Waals surface area contributed by atoms with Gasteiger partial charge >= 0.3 is 0 Å². The lowest BCUT2D eigenvalue weighted by Gasteiger charge is -2.34. The molecule has 0 radical (unpaired) electrons. The van der Waals surface area contributed by atoms with Gasteiger partial charge in [0.25, 0.3) is 0 Å². The molecule has 2 rings (SSSR count). The van der Waals surface area contributed by atoms with E-state index >= 15 is 0 Å². The van der Waals surface area contributed by atoms with Gasteiger partial charge in [0, 0.05) is 38.9 Å². The number of piperidine rings is 1. The number of rotatable bonds is 5. The first-order valence-electron chi connectivity index (χ1n) is 8.11. The van der Waals surface area contributed by atoms with E-state index in [1.54, 1.807) is 26.3 Å². The number of aromatic hydroxyl groups is 1. The summed E-state index contributed by atoms with van der Waals surface area (Å²) in [6, 6.07) is 5.22. The van der Waals surface area contributed by atoms with Crippen molar-refractivity contribution in [1.82, 2.24) is 10.2 Å². The zero-order valence-electron chi connectivity index (χ0n) is 14.6. The number of guanidine groups is 1. The first-order valence-corrected chi connectivity index (χ1v) is 8.11. The van der Waals surface area contributed by atoms with Gasteiger partial charge in [0.05, 0.1) is 13.2 Å². The molecule has 1 heterocycles. The first kappa shape index (κ1) is 20.8. The van der Waals surface area contributed by atoms with Gasteiger partial charge in [-0.2, -0.15) is 0 Å². The highest BCUT2D eigenvalue weighted by atomic mass is 127. The topological polar surface area (TPSA) is 66.3 Å². The monoisotopic (exact) mass is 449 g/mol. The fraction of sp³-hybridized carbons (Fsp3) is 0.588. The molecule has 6 nitrogen and oxygen atoms in total. The maximum atomic E-state index is 9.95. The number of benzene rings is 1. The Kier molecular flexibility index (Phi) is 9.20. The van der Waals surface area contributed by atoms with Crippen LogP contribution in [-0.4, -0.2) is 55.9 Å². The third kappa shape index (κ3) is 5.70. The summed E-state index contributed by atoms with van der Waals surface area (Å²) in [5.74, 6) is 1.83. The molecule has 1 aliphatic heterocycles. The number of methoxy groups -OCH3 is 1. The molecule has 0 saturated carbocycles. The molecular weight excluding hydrogens is 421 g/mol. The van der Waals surface area contributed by atoms with Crippen LogP contribution in [0.5, 0.6) is 11.5 Å². The van der Waals surface area contributed by atoms with Gasteiger partial charge in [0.1, 0.15) is 11.5 Å². The second-order valence-corrected chi connectivity index (χ2v) is 5.54. The summed E-state index contributed by atoms with van der Waals surface area (Å²) in [5.41, 5.74) is 0.787. The minimum absolute atomic E-state index is 0. The van der Waals surface area contributed by atoms with E-state index in [-0.39, 0.29) is 29.7 Å². The molecule has 1 fully saturated rings. The highest BCUT2D eigenvalue weighted by Gasteiger charge is 2.21. The van der Waals surface area contributed by atoms with Gasteiger partial charge in [-0.3, -0.25) is 4.99 Å². The number of nitrogens with one attached hydrogen (secondary N) is 1. The molecule has 0 amide bonds. The molecule has 0 aliphatic carbocycles. The number of likely N-dealkylation sites (tertiary alicyclic amines) is 1. The Morgan fingerprint density at radius 3 is 2.67 bits per heavy atom. The van der Waals surface area contributed by atoms with Crippen LogP contribution in [0.3, 0.4) is 0 Å². The van der Waals surface area contributed by atoms with Crippen LogP contribution in [0.25, 0.3) is 0 Å². The zero-order valence-corrected chi connectivity index (χ0v) is 16.9. The van der Waals surface area contributed by atoms with Crippen molar-refractivity contribution in [2.75, 3.05) is 33.9 Å². The smallest absolute Gasteiger partial charge is 0.193 e. The number of nitrogens with zero attached hydrogens (tertiary/aromatic N) is 2. The van der Waals surface area contributed by atoms with Gasteiger partial charge in [0.15, 0.2) is 5.96 Å². The minimum Gasteiger partial charge on any atom is -0.508 e. The number of phenolic OH excluding ortho intramolecular Hbond substituents is 1. The molecule has 0 unspecified atom stereocenters. The van der Waals surface area contributed by atoms with Gasteiger partial charge < -0.3 is 24.8 Å². The quantitative estimate of drug-likeness (QED) is 0.411. The van der Waals surface area contributed by atoms with Crippen molar-refractivity contribution in [2.24, 2.45) is 4.99 Å². The molecule has 24 heavy (non-hydrogen) atoms. The molecule has 0 atom stereocenters. The van der Waals surface area contributed by atoms with Crippen molar-refractivity contribution in [2.45, 2.75) is 32.4 Å². The summed E-state index contributed by atoms with van der Waals surface area (Å²) >= 11 is 0. The lowest BCUT2D eigenvalue weighted by atomic mass is 10.1. The second-order valence-electron chi connectivity index (χ2n) is 5.54. The van der Waals surface area contributed by atoms with Crippen LogP contribution in [0.1, 0.15) is 25.3 Å². The van der Waals surface area contributed by atoms with E-state index in [1.807, 2.05) is 13.0 Å². The van der Waals surface area contributed by atoms with E-state index in [2.05, 4.69) is 15.2 Å². The number of hydrogen-bond donors (Lipinski definition) is 2. The third-order valence-electron chi connectivity index (χ3n) is 4.08. The van der Waals surface area contributed by atoms with Crippen LogP contribution in [0, 0.1) is 0 Å². The summed E-state index contributed by atoms with van der Waals surface area (Å²) in [6.07, 6.45) is 2.38. The van der Waals surface area contributed by atoms with Crippen molar-refractivity contribution in [3.05, 3.63) is 23.8 Å². The average Bonchev–Trinajstić information content (AvgIpc) is 2.58. The molecule has 0 bridgehead atoms. The molecule has 1 aromatic carbocycles. The Hall–Kier alpha value is -1.22. The highest BCUT2D eigenvalue weighted by molar-refractivity contribution is 14.0. The summed E-state index contributed by atoms with van der Waals surface area (Å²) < 4.78 is 10.9. The zero-order chi connectivity index (χ0) is 16.7. The van der Waals surface area contributed by atoms with Crippen molar-refractivity contribution in [3.8, 4) is 11.5 Å². The minimum atomic E-state index is 0. The van der Waals surface area contributed by atoms with Crippen molar-refractivity contribution in [1.29, 1.82) is 0 Å². The van der Waals surface area contributed by atoms with Gasteiger partial charge in [0.2, 0.25) is 0 Å². The summed E-state index contributed by atoms with van der Waals surface area (Å²) in [6.45, 7) is 5.16. The van der Waals surface area contributed by atoms with Crippen LogP contribution in [0.15, 0.2) is 23.2 Å². The molecule has 0 spiro atoms. The molecule has 1 saturated heterocycles. The SMILES string of the molecule is CCOC1CCN(C(=NC)NCc2cc(OC)ccc2O)CC1.I. The Morgan fingerprint density at radius 2 is 2.08 bits per heavy atom. The standard InChI is InChI=1S/C17H27N3O3.HI/c1-4-23-14-7-9-20(10-8-14)17(18-2)19-12-13-11-15(22-3)5-6-16(13)21;/h5-6,11,14,21H,4,7-10,12H2,1-3H3,(H,18,19);1H. The summed E-state index contributed by atoms with van der Waals surface area (Å²) in [5, 5.41) is 13.3. The molecule has 0 aromatic heterocycles. The maximum absolute atomic E-state index is 9.95. The molecule has 2 N–H and O–H groups in total. The molecule has 1 aromatic rings. The van der Waals surface area contributed by atoms with Crippen molar-refractivity contribution in [3.63, 3.8) is 0 Å². The molecule has 136 valence electrons.